The van der Waals surface area contributed by atoms with Crippen LogP contribution in [-0.2, 0) is 11.2 Å². The van der Waals surface area contributed by atoms with Crippen LogP contribution in [0.3, 0.4) is 0 Å². The minimum atomic E-state index is -0.403. The summed E-state index contributed by atoms with van der Waals surface area (Å²) in [6.45, 7) is 0. The highest BCUT2D eigenvalue weighted by Gasteiger charge is 2.01. The minimum absolute atomic E-state index is 0.133. The molecule has 2 aromatic heterocycles. The molecule has 0 bridgehead atoms. The summed E-state index contributed by atoms with van der Waals surface area (Å²) in [6.07, 6.45) is 1.61. The maximum Gasteiger partial charge on any atom is 0.223 e. The van der Waals surface area contributed by atoms with Crippen molar-refractivity contribution >= 4 is 11.6 Å². The zero-order chi connectivity index (χ0) is 9.26. The van der Waals surface area contributed by atoms with Crippen molar-refractivity contribution in [3.8, 4) is 0 Å². The van der Waals surface area contributed by atoms with Gasteiger partial charge in [-0.3, -0.25) is 4.79 Å². The number of rotatable bonds is 2. The number of carbonyl (C=O) groups is 1. The Morgan fingerprint density at radius 2 is 2.38 bits per heavy atom. The van der Waals surface area contributed by atoms with Gasteiger partial charge in [0.15, 0.2) is 5.65 Å². The zero-order valence-electron chi connectivity index (χ0n) is 6.71. The fourth-order valence-corrected chi connectivity index (χ4v) is 1.04. The predicted octanol–water partition coefficient (Wildman–Crippen LogP) is -0.848. The number of amides is 1. The van der Waals surface area contributed by atoms with Gasteiger partial charge in [0.1, 0.15) is 6.33 Å². The molecule has 0 aliphatic carbocycles. The van der Waals surface area contributed by atoms with Crippen LogP contribution in [0.2, 0.25) is 0 Å². The van der Waals surface area contributed by atoms with E-state index in [-0.39, 0.29) is 6.42 Å². The van der Waals surface area contributed by atoms with Crippen molar-refractivity contribution in [1.29, 1.82) is 0 Å². The van der Waals surface area contributed by atoms with Crippen LogP contribution in [0.1, 0.15) is 5.69 Å². The Morgan fingerprint density at radius 3 is 3.15 bits per heavy atom. The van der Waals surface area contributed by atoms with Gasteiger partial charge in [-0.15, -0.1) is 10.2 Å². The van der Waals surface area contributed by atoms with Gasteiger partial charge in [-0.2, -0.15) is 5.10 Å². The smallest absolute Gasteiger partial charge is 0.223 e. The first kappa shape index (κ1) is 7.66. The van der Waals surface area contributed by atoms with Gasteiger partial charge < -0.3 is 5.73 Å². The largest absolute Gasteiger partial charge is 0.369 e. The average molecular weight is 177 g/mol. The van der Waals surface area contributed by atoms with Crippen molar-refractivity contribution in [3.63, 3.8) is 0 Å². The summed E-state index contributed by atoms with van der Waals surface area (Å²) >= 11 is 0. The highest BCUT2D eigenvalue weighted by atomic mass is 16.1. The fraction of sp³-hybridized carbons (Fsp3) is 0.143. The molecule has 66 valence electrons. The number of nitrogens with zero attached hydrogens (tertiary/aromatic N) is 4. The van der Waals surface area contributed by atoms with Gasteiger partial charge >= 0.3 is 0 Å². The second kappa shape index (κ2) is 2.81. The Labute approximate surface area is 73.4 Å². The van der Waals surface area contributed by atoms with Crippen LogP contribution in [0.4, 0.5) is 0 Å². The van der Waals surface area contributed by atoms with Crippen molar-refractivity contribution < 1.29 is 4.79 Å². The normalized spacial score (nSPS) is 10.5. The number of hydrogen-bond acceptors (Lipinski definition) is 4. The maximum absolute atomic E-state index is 10.6. The summed E-state index contributed by atoms with van der Waals surface area (Å²) in [5, 5.41) is 11.5. The molecule has 2 N–H and O–H groups in total. The maximum atomic E-state index is 10.6. The molecule has 6 nitrogen and oxygen atoms in total. The van der Waals surface area contributed by atoms with Crippen molar-refractivity contribution in [1.82, 2.24) is 19.8 Å². The van der Waals surface area contributed by atoms with Gasteiger partial charge in [0.2, 0.25) is 5.91 Å². The molecule has 0 atom stereocenters. The van der Waals surface area contributed by atoms with E-state index in [9.17, 15) is 4.79 Å². The number of fused-ring (bicyclic) bond motifs is 1. The Hall–Kier alpha value is -1.98. The first-order chi connectivity index (χ1) is 6.25. The highest BCUT2D eigenvalue weighted by Crippen LogP contribution is 1.99. The Morgan fingerprint density at radius 1 is 1.54 bits per heavy atom. The van der Waals surface area contributed by atoms with Crippen LogP contribution in [0.15, 0.2) is 18.5 Å². The third-order valence-corrected chi connectivity index (χ3v) is 1.57. The minimum Gasteiger partial charge on any atom is -0.369 e. The molecule has 0 unspecified atom stereocenters. The summed E-state index contributed by atoms with van der Waals surface area (Å²) in [5.74, 6) is -0.403. The monoisotopic (exact) mass is 177 g/mol. The SMILES string of the molecule is NC(=O)Cc1ccc2nncn2n1. The lowest BCUT2D eigenvalue weighted by molar-refractivity contribution is -0.117. The molecular weight excluding hydrogens is 170 g/mol. The van der Waals surface area contributed by atoms with Crippen molar-refractivity contribution in [2.45, 2.75) is 6.42 Å². The van der Waals surface area contributed by atoms with Crippen LogP contribution in [-0.4, -0.2) is 25.7 Å². The number of aromatic nitrogens is 4. The molecule has 0 aliphatic rings. The van der Waals surface area contributed by atoms with E-state index in [1.165, 1.54) is 10.8 Å². The summed E-state index contributed by atoms with van der Waals surface area (Å²) in [5.41, 5.74) is 6.28. The first-order valence-corrected chi connectivity index (χ1v) is 3.70. The molecule has 0 aliphatic heterocycles. The van der Waals surface area contributed by atoms with Gasteiger partial charge in [-0.05, 0) is 12.1 Å². The van der Waals surface area contributed by atoms with Crippen molar-refractivity contribution in [2.75, 3.05) is 0 Å². The standard InChI is InChI=1S/C7H7N5O/c8-6(13)3-5-1-2-7-10-9-4-12(7)11-5/h1-2,4H,3H2,(H2,8,13). The molecule has 0 saturated heterocycles. The lowest BCUT2D eigenvalue weighted by atomic mass is 10.3. The number of primary amides is 1. The van der Waals surface area contributed by atoms with Gasteiger partial charge in [0.25, 0.3) is 0 Å². The summed E-state index contributed by atoms with van der Waals surface area (Å²) in [6, 6.07) is 3.44. The van der Waals surface area contributed by atoms with Crippen molar-refractivity contribution in [3.05, 3.63) is 24.2 Å². The van der Waals surface area contributed by atoms with Gasteiger partial charge in [-0.1, -0.05) is 0 Å². The van der Waals surface area contributed by atoms with Gasteiger partial charge in [0, 0.05) is 0 Å². The van der Waals surface area contributed by atoms with E-state index in [0.717, 1.165) is 0 Å². The molecule has 1 amide bonds. The van der Waals surface area contributed by atoms with E-state index in [1.54, 1.807) is 12.1 Å². The predicted molar refractivity (Wildman–Crippen MR) is 43.7 cm³/mol. The molecule has 6 heteroatoms. The van der Waals surface area contributed by atoms with Crippen LogP contribution in [0.25, 0.3) is 5.65 Å². The molecular formula is C7H7N5O. The first-order valence-electron chi connectivity index (χ1n) is 3.70. The van der Waals surface area contributed by atoms with E-state index in [1.807, 2.05) is 0 Å². The molecule has 2 heterocycles. The summed E-state index contributed by atoms with van der Waals surface area (Å²) in [4.78, 5) is 10.6. The topological polar surface area (TPSA) is 86.2 Å². The lowest BCUT2D eigenvalue weighted by Gasteiger charge is -1.96. The molecule has 13 heavy (non-hydrogen) atoms. The van der Waals surface area contributed by atoms with Gasteiger partial charge in [-0.25, -0.2) is 4.52 Å². The third kappa shape index (κ3) is 1.46. The lowest BCUT2D eigenvalue weighted by Crippen LogP contribution is -2.15. The molecule has 0 spiro atoms. The molecule has 0 aromatic carbocycles. The average Bonchev–Trinajstić information content (AvgIpc) is 2.49. The van der Waals surface area contributed by atoms with E-state index >= 15 is 0 Å². The highest BCUT2D eigenvalue weighted by molar-refractivity contribution is 5.76. The van der Waals surface area contributed by atoms with E-state index in [4.69, 9.17) is 5.73 Å². The van der Waals surface area contributed by atoms with Crippen molar-refractivity contribution in [2.24, 2.45) is 5.73 Å². The van der Waals surface area contributed by atoms with Crippen LogP contribution in [0, 0.1) is 0 Å². The summed E-state index contributed by atoms with van der Waals surface area (Å²) < 4.78 is 1.50. The van der Waals surface area contributed by atoms with E-state index in [2.05, 4.69) is 15.3 Å². The number of nitrogens with two attached hydrogens (primary N) is 1. The van der Waals surface area contributed by atoms with Crippen LogP contribution >= 0.6 is 0 Å². The second-order valence-corrected chi connectivity index (χ2v) is 2.60. The fourth-order valence-electron chi connectivity index (χ4n) is 1.04. The number of hydrogen-bond donors (Lipinski definition) is 1. The van der Waals surface area contributed by atoms with E-state index in [0.29, 0.717) is 11.3 Å². The quantitative estimate of drug-likeness (QED) is 0.647. The van der Waals surface area contributed by atoms with Gasteiger partial charge in [0.05, 0.1) is 12.1 Å². The summed E-state index contributed by atoms with van der Waals surface area (Å²) in [7, 11) is 0. The van der Waals surface area contributed by atoms with Crippen LogP contribution < -0.4 is 5.73 Å². The third-order valence-electron chi connectivity index (χ3n) is 1.57. The molecule has 0 fully saturated rings. The molecule has 2 rings (SSSR count). The Balaban J connectivity index is 2.42. The number of carbonyl (C=O) groups excluding carboxylic acids is 1. The Kier molecular flexibility index (Phi) is 1.66. The molecule has 0 radical (unpaired) electrons. The zero-order valence-corrected chi connectivity index (χ0v) is 6.71. The molecule has 2 aromatic rings. The van der Waals surface area contributed by atoms with Crippen LogP contribution in [0.5, 0.6) is 0 Å². The van der Waals surface area contributed by atoms with E-state index < -0.39 is 5.91 Å². The Bertz CT molecular complexity index is 449. The molecule has 0 saturated carbocycles. The second-order valence-electron chi connectivity index (χ2n) is 2.60.